The van der Waals surface area contributed by atoms with Crippen molar-refractivity contribution in [3.63, 3.8) is 0 Å². The fourth-order valence-electron chi connectivity index (χ4n) is 4.36. The van der Waals surface area contributed by atoms with E-state index in [1.807, 2.05) is 42.6 Å². The van der Waals surface area contributed by atoms with E-state index < -0.39 is 31.0 Å². The van der Waals surface area contributed by atoms with Gasteiger partial charge >= 0.3 is 0 Å². The average Bonchev–Trinajstić information content (AvgIpc) is 3.28. The fraction of sp³-hybridized carbons (Fsp3) is 0.417. The van der Waals surface area contributed by atoms with Gasteiger partial charge in [0.2, 0.25) is 0 Å². The molecule has 0 bridgehead atoms. The molecule has 2 heterocycles. The average molecular weight is 475 g/mol. The second-order valence-corrected chi connectivity index (χ2v) is 13.9. The molecular formula is C24H30N2O4S2. The SMILES string of the molecule is CC(C)(C)c1ccc(S(=O)(=O)[C@H]2CS(=O)(=O)C[C@H]2NCCc2c[nH]c3ccccc23)cc1. The van der Waals surface area contributed by atoms with Crippen LogP contribution < -0.4 is 5.32 Å². The number of aromatic amines is 1. The normalized spacial score (nSPS) is 21.2. The molecule has 32 heavy (non-hydrogen) atoms. The molecule has 0 amide bonds. The van der Waals surface area contributed by atoms with Crippen molar-refractivity contribution in [2.45, 2.75) is 48.8 Å². The van der Waals surface area contributed by atoms with Crippen molar-refractivity contribution in [2.24, 2.45) is 0 Å². The zero-order valence-electron chi connectivity index (χ0n) is 18.6. The summed E-state index contributed by atoms with van der Waals surface area (Å²) in [5.41, 5.74) is 3.10. The summed E-state index contributed by atoms with van der Waals surface area (Å²) in [5.74, 6) is -0.508. The van der Waals surface area contributed by atoms with Gasteiger partial charge in [-0.3, -0.25) is 0 Å². The van der Waals surface area contributed by atoms with E-state index in [-0.39, 0.29) is 21.8 Å². The van der Waals surface area contributed by atoms with E-state index in [1.165, 1.54) is 0 Å². The molecule has 0 spiro atoms. The maximum Gasteiger partial charge on any atom is 0.183 e. The number of sulfone groups is 2. The number of para-hydroxylation sites is 1. The van der Waals surface area contributed by atoms with Crippen LogP contribution in [-0.2, 0) is 31.5 Å². The third-order valence-electron chi connectivity index (χ3n) is 6.22. The molecule has 0 saturated carbocycles. The first-order valence-electron chi connectivity index (χ1n) is 10.8. The molecule has 2 atom stereocenters. The van der Waals surface area contributed by atoms with Crippen molar-refractivity contribution in [1.29, 1.82) is 0 Å². The summed E-state index contributed by atoms with van der Waals surface area (Å²) in [6, 6.07) is 14.2. The first-order chi connectivity index (χ1) is 15.0. The standard InChI is InChI=1S/C24H30N2O4S2/c1-24(2,3)18-8-10-19(11-9-18)32(29,30)23-16-31(27,28)15-22(23)25-13-12-17-14-26-21-7-5-4-6-20(17)21/h4-11,14,22-23,25-26H,12-13,15-16H2,1-3H3/t22-,23+/m1/s1. The van der Waals surface area contributed by atoms with Gasteiger partial charge in [-0.25, -0.2) is 16.8 Å². The maximum absolute atomic E-state index is 13.4. The topological polar surface area (TPSA) is 96.1 Å². The van der Waals surface area contributed by atoms with Crippen molar-refractivity contribution >= 4 is 30.6 Å². The van der Waals surface area contributed by atoms with Gasteiger partial charge in [0, 0.05) is 23.1 Å². The molecule has 2 N–H and O–H groups in total. The smallest absolute Gasteiger partial charge is 0.183 e. The van der Waals surface area contributed by atoms with Crippen LogP contribution in [0.15, 0.2) is 59.6 Å². The summed E-state index contributed by atoms with van der Waals surface area (Å²) in [6.45, 7) is 6.69. The highest BCUT2D eigenvalue weighted by Gasteiger charge is 2.45. The molecule has 0 aliphatic carbocycles. The lowest BCUT2D eigenvalue weighted by Crippen LogP contribution is -2.44. The van der Waals surface area contributed by atoms with E-state index >= 15 is 0 Å². The van der Waals surface area contributed by atoms with Gasteiger partial charge in [-0.1, -0.05) is 51.1 Å². The van der Waals surface area contributed by atoms with Gasteiger partial charge in [0.15, 0.2) is 19.7 Å². The monoisotopic (exact) mass is 474 g/mol. The molecular weight excluding hydrogens is 444 g/mol. The lowest BCUT2D eigenvalue weighted by Gasteiger charge is -2.22. The van der Waals surface area contributed by atoms with Crippen LogP contribution in [-0.4, -0.2) is 51.2 Å². The molecule has 3 aromatic rings. The number of benzene rings is 2. The van der Waals surface area contributed by atoms with Crippen molar-refractivity contribution in [1.82, 2.24) is 10.3 Å². The summed E-state index contributed by atoms with van der Waals surface area (Å²) in [6.07, 6.45) is 2.62. The number of nitrogens with one attached hydrogen (secondary N) is 2. The number of hydrogen-bond donors (Lipinski definition) is 2. The van der Waals surface area contributed by atoms with Crippen LogP contribution in [0.4, 0.5) is 0 Å². The number of H-pyrrole nitrogens is 1. The second kappa shape index (κ2) is 8.32. The zero-order chi connectivity index (χ0) is 23.1. The fourth-order valence-corrected chi connectivity index (χ4v) is 9.08. The maximum atomic E-state index is 13.4. The Morgan fingerprint density at radius 1 is 1.03 bits per heavy atom. The largest absolute Gasteiger partial charge is 0.361 e. The van der Waals surface area contributed by atoms with Gasteiger partial charge in [-0.05, 0) is 47.7 Å². The lowest BCUT2D eigenvalue weighted by molar-refractivity contribution is 0.528. The van der Waals surface area contributed by atoms with Crippen LogP contribution in [0.5, 0.6) is 0 Å². The molecule has 1 saturated heterocycles. The van der Waals surface area contributed by atoms with Crippen LogP contribution in [0, 0.1) is 0 Å². The molecule has 172 valence electrons. The molecule has 1 aliphatic rings. The van der Waals surface area contributed by atoms with Gasteiger partial charge in [0.1, 0.15) is 0 Å². The number of aromatic nitrogens is 1. The molecule has 4 rings (SSSR count). The predicted octanol–water partition coefficient (Wildman–Crippen LogP) is 3.24. The minimum atomic E-state index is -3.79. The summed E-state index contributed by atoms with van der Waals surface area (Å²) in [5, 5.41) is 3.36. The van der Waals surface area contributed by atoms with Crippen LogP contribution in [0.25, 0.3) is 10.9 Å². The van der Waals surface area contributed by atoms with Crippen molar-refractivity contribution in [3.8, 4) is 0 Å². The molecule has 1 fully saturated rings. The van der Waals surface area contributed by atoms with Gasteiger partial charge in [-0.2, -0.15) is 0 Å². The quantitative estimate of drug-likeness (QED) is 0.572. The zero-order valence-corrected chi connectivity index (χ0v) is 20.3. The van der Waals surface area contributed by atoms with Gasteiger partial charge in [0.05, 0.1) is 21.7 Å². The Bertz CT molecular complexity index is 1320. The first-order valence-corrected chi connectivity index (χ1v) is 14.2. The van der Waals surface area contributed by atoms with Gasteiger partial charge < -0.3 is 10.3 Å². The summed E-state index contributed by atoms with van der Waals surface area (Å²) in [7, 11) is -7.22. The number of rotatable bonds is 6. The third kappa shape index (κ3) is 4.63. The Labute approximate surface area is 190 Å². The minimum absolute atomic E-state index is 0.0918. The van der Waals surface area contributed by atoms with Crippen LogP contribution in [0.3, 0.4) is 0 Å². The van der Waals surface area contributed by atoms with Gasteiger partial charge in [-0.15, -0.1) is 0 Å². The van der Waals surface area contributed by atoms with Crippen molar-refractivity contribution in [2.75, 3.05) is 18.1 Å². The van der Waals surface area contributed by atoms with Crippen LogP contribution in [0.2, 0.25) is 0 Å². The Hall–Kier alpha value is -2.16. The first kappa shape index (κ1) is 23.0. The highest BCUT2D eigenvalue weighted by Crippen LogP contribution is 2.29. The van der Waals surface area contributed by atoms with Crippen LogP contribution in [0.1, 0.15) is 31.9 Å². The highest BCUT2D eigenvalue weighted by atomic mass is 32.2. The van der Waals surface area contributed by atoms with Crippen molar-refractivity contribution < 1.29 is 16.8 Å². The molecule has 6 nitrogen and oxygen atoms in total. The Balaban J connectivity index is 1.51. The molecule has 0 radical (unpaired) electrons. The minimum Gasteiger partial charge on any atom is -0.361 e. The highest BCUT2D eigenvalue weighted by molar-refractivity contribution is 7.96. The van der Waals surface area contributed by atoms with E-state index in [1.54, 1.807) is 12.1 Å². The van der Waals surface area contributed by atoms with Crippen LogP contribution >= 0.6 is 0 Å². The van der Waals surface area contributed by atoms with Crippen molar-refractivity contribution in [3.05, 3.63) is 65.9 Å². The Morgan fingerprint density at radius 3 is 2.41 bits per heavy atom. The second-order valence-electron chi connectivity index (χ2n) is 9.60. The Kier molecular flexibility index (Phi) is 5.98. The van der Waals surface area contributed by atoms with E-state index in [0.717, 1.165) is 22.0 Å². The summed E-state index contributed by atoms with van der Waals surface area (Å²) >= 11 is 0. The van der Waals surface area contributed by atoms with E-state index in [9.17, 15) is 16.8 Å². The van der Waals surface area contributed by atoms with E-state index in [0.29, 0.717) is 13.0 Å². The Morgan fingerprint density at radius 2 is 1.72 bits per heavy atom. The summed E-state index contributed by atoms with van der Waals surface area (Å²) < 4.78 is 51.4. The lowest BCUT2D eigenvalue weighted by atomic mass is 9.87. The third-order valence-corrected chi connectivity index (χ3v) is 10.4. The molecule has 1 aliphatic heterocycles. The van der Waals surface area contributed by atoms with E-state index in [2.05, 4.69) is 31.1 Å². The van der Waals surface area contributed by atoms with E-state index in [4.69, 9.17) is 0 Å². The molecule has 1 aromatic heterocycles. The number of hydrogen-bond acceptors (Lipinski definition) is 5. The molecule has 2 aromatic carbocycles. The molecule has 8 heteroatoms. The predicted molar refractivity (Wildman–Crippen MR) is 129 cm³/mol. The number of fused-ring (bicyclic) bond motifs is 1. The van der Waals surface area contributed by atoms with Gasteiger partial charge in [0.25, 0.3) is 0 Å². The molecule has 0 unspecified atom stereocenters. The summed E-state index contributed by atoms with van der Waals surface area (Å²) in [4.78, 5) is 3.41.